The lowest BCUT2D eigenvalue weighted by Gasteiger charge is -2.28. The molecule has 10 heteroatoms. The number of Topliss-reactive ketones (excluding diaryl/α,β-unsaturated/α-hetero) is 2. The molecule has 0 unspecified atom stereocenters. The van der Waals surface area contributed by atoms with Crippen LogP contribution >= 0.6 is 0 Å². The zero-order valence-electron chi connectivity index (χ0n) is 33.2. The second-order valence-electron chi connectivity index (χ2n) is 16.5. The summed E-state index contributed by atoms with van der Waals surface area (Å²) in [6.45, 7) is 0. The molecule has 2 aromatic heterocycles. The summed E-state index contributed by atoms with van der Waals surface area (Å²) in [5.74, 6) is -4.03. The van der Waals surface area contributed by atoms with Crippen LogP contribution in [0.1, 0.15) is 65.7 Å². The van der Waals surface area contributed by atoms with Crippen molar-refractivity contribution in [3.8, 4) is 0 Å². The molecule has 5 heterocycles. The van der Waals surface area contributed by atoms with E-state index in [2.05, 4.69) is 9.97 Å². The molecule has 0 amide bonds. The first-order chi connectivity index (χ1) is 31.2. The fraction of sp³-hybridized carbons (Fsp3) is 0.0370. The Hall–Kier alpha value is -8.24. The Morgan fingerprint density at radius 1 is 0.422 bits per heavy atom. The zero-order chi connectivity index (χ0) is 43.2. The molecule has 0 saturated carbocycles. The van der Waals surface area contributed by atoms with Crippen molar-refractivity contribution in [1.29, 1.82) is 0 Å². The van der Waals surface area contributed by atoms with Gasteiger partial charge >= 0.3 is 0 Å². The number of aromatic amines is 2. The normalized spacial score (nSPS) is 22.6. The average Bonchev–Trinajstić information content (AvgIpc) is 4.18. The van der Waals surface area contributed by atoms with Crippen molar-refractivity contribution in [2.75, 3.05) is 0 Å². The van der Waals surface area contributed by atoms with Crippen LogP contribution in [0.15, 0.2) is 179 Å². The van der Waals surface area contributed by atoms with Crippen molar-refractivity contribution >= 4 is 55.7 Å². The molecule has 2 N–H and O–H groups in total. The zero-order valence-corrected chi connectivity index (χ0v) is 33.2. The number of aromatic nitrogens is 2. The highest BCUT2D eigenvalue weighted by atomic mass is 19.1. The number of ketones is 2. The number of carbonyl (C=O) groups excluding carboxylic acids is 2. The summed E-state index contributed by atoms with van der Waals surface area (Å²) in [4.78, 5) is 48.0. The van der Waals surface area contributed by atoms with E-state index >= 15 is 27.2 Å². The minimum atomic E-state index is -1.71. The first kappa shape index (κ1) is 36.4. The molecule has 8 aromatic rings. The first-order valence-corrected chi connectivity index (χ1v) is 20.7. The van der Waals surface area contributed by atoms with E-state index in [4.69, 9.17) is 9.98 Å². The topological polar surface area (TPSA) is 90.4 Å². The van der Waals surface area contributed by atoms with E-state index in [-0.39, 0.29) is 68.0 Å². The number of hydrogen-bond donors (Lipinski definition) is 2. The molecule has 0 radical (unpaired) electrons. The number of fused-ring (bicyclic) bond motifs is 12. The van der Waals surface area contributed by atoms with Crippen LogP contribution in [0.2, 0.25) is 0 Å². The Balaban J connectivity index is 1.19. The lowest BCUT2D eigenvalue weighted by molar-refractivity contribution is 0.0939. The van der Waals surface area contributed by atoms with E-state index in [1.807, 2.05) is 54.6 Å². The molecule has 0 atom stereocenters. The van der Waals surface area contributed by atoms with E-state index in [9.17, 15) is 0 Å². The molecule has 8 bridgehead atoms. The number of hydrogen-bond acceptors (Lipinski definition) is 4. The highest BCUT2D eigenvalue weighted by Gasteiger charge is 2.56. The number of carbonyl (C=O) groups is 2. The number of halogens is 4. The molecular formula is C54H28F4N4O2. The van der Waals surface area contributed by atoms with Crippen LogP contribution in [-0.4, -0.2) is 33.0 Å². The monoisotopic (exact) mass is 840 g/mol. The second kappa shape index (κ2) is 12.7. The SMILES string of the molecule is O=C1c2cccc3cccc(c23)C12C1=N/C(=C(/c3c(F)cccc3F)c3ccc([nH]3)C3(C(=O)c4cccc5cccc3c45)c3ccc([nH]3)/C(c3c(F)cccc3F)=C3/C=CC2=N3)C=C1. The van der Waals surface area contributed by atoms with Crippen molar-refractivity contribution in [2.24, 2.45) is 9.98 Å². The van der Waals surface area contributed by atoms with Crippen molar-refractivity contribution in [3.05, 3.63) is 249 Å². The Morgan fingerprint density at radius 2 is 0.812 bits per heavy atom. The number of nitrogens with one attached hydrogen (secondary N) is 2. The van der Waals surface area contributed by atoms with E-state index in [0.29, 0.717) is 39.0 Å². The third-order valence-electron chi connectivity index (χ3n) is 13.5. The summed E-state index contributed by atoms with van der Waals surface area (Å²) < 4.78 is 65.1. The lowest BCUT2D eigenvalue weighted by Crippen LogP contribution is -2.46. The molecule has 3 aliphatic heterocycles. The van der Waals surface area contributed by atoms with E-state index < -0.39 is 34.1 Å². The van der Waals surface area contributed by atoms with Gasteiger partial charge in [0.2, 0.25) is 0 Å². The maximum Gasteiger partial charge on any atom is 0.186 e. The Bertz CT molecular complexity index is 3540. The molecule has 2 spiro atoms. The van der Waals surface area contributed by atoms with Crippen molar-refractivity contribution < 1.29 is 27.2 Å². The largest absolute Gasteiger partial charge is 0.357 e. The van der Waals surface area contributed by atoms with Gasteiger partial charge in [0.25, 0.3) is 0 Å². The molecule has 0 fully saturated rings. The molecule has 304 valence electrons. The van der Waals surface area contributed by atoms with Gasteiger partial charge in [-0.25, -0.2) is 17.6 Å². The molecule has 5 aliphatic rings. The Kier molecular flexibility index (Phi) is 7.21. The lowest BCUT2D eigenvalue weighted by atomic mass is 9.71. The van der Waals surface area contributed by atoms with Gasteiger partial charge in [-0.3, -0.25) is 19.6 Å². The summed E-state index contributed by atoms with van der Waals surface area (Å²) in [5, 5.41) is 3.04. The first-order valence-electron chi connectivity index (χ1n) is 20.7. The molecule has 6 aromatic carbocycles. The van der Waals surface area contributed by atoms with Crippen LogP contribution in [0.3, 0.4) is 0 Å². The van der Waals surface area contributed by atoms with Gasteiger partial charge in [0, 0.05) is 45.0 Å². The van der Waals surface area contributed by atoms with E-state index in [1.165, 1.54) is 36.4 Å². The second-order valence-corrected chi connectivity index (χ2v) is 16.5. The van der Waals surface area contributed by atoms with Gasteiger partial charge in [-0.2, -0.15) is 0 Å². The van der Waals surface area contributed by atoms with Gasteiger partial charge in [0.05, 0.1) is 33.9 Å². The van der Waals surface area contributed by atoms with Crippen LogP contribution in [0.5, 0.6) is 0 Å². The van der Waals surface area contributed by atoms with Gasteiger partial charge in [-0.15, -0.1) is 0 Å². The van der Waals surface area contributed by atoms with Gasteiger partial charge in [-0.1, -0.05) is 84.9 Å². The quantitative estimate of drug-likeness (QED) is 0.170. The molecular weight excluding hydrogens is 813 g/mol. The highest BCUT2D eigenvalue weighted by molar-refractivity contribution is 6.46. The summed E-state index contributed by atoms with van der Waals surface area (Å²) >= 11 is 0. The van der Waals surface area contributed by atoms with Crippen LogP contribution < -0.4 is 0 Å². The van der Waals surface area contributed by atoms with Gasteiger partial charge in [0.1, 0.15) is 34.1 Å². The fourth-order valence-corrected chi connectivity index (χ4v) is 10.9. The molecule has 0 saturated heterocycles. The smallest absolute Gasteiger partial charge is 0.186 e. The number of allylic oxidation sites excluding steroid dienone is 4. The third kappa shape index (κ3) is 4.43. The van der Waals surface area contributed by atoms with Gasteiger partial charge in [0.15, 0.2) is 11.6 Å². The predicted octanol–water partition coefficient (Wildman–Crippen LogP) is 11.4. The number of H-pyrrole nitrogens is 2. The summed E-state index contributed by atoms with van der Waals surface area (Å²) in [5.41, 5.74) is 0.0725. The third-order valence-corrected chi connectivity index (χ3v) is 13.5. The number of benzene rings is 6. The van der Waals surface area contributed by atoms with Crippen LogP contribution in [0, 0.1) is 23.3 Å². The summed E-state index contributed by atoms with van der Waals surface area (Å²) in [6, 6.07) is 36.1. The van der Waals surface area contributed by atoms with Crippen LogP contribution in [0.4, 0.5) is 17.6 Å². The average molecular weight is 841 g/mol. The predicted molar refractivity (Wildman–Crippen MR) is 238 cm³/mol. The Morgan fingerprint density at radius 3 is 1.27 bits per heavy atom. The number of aliphatic imine (C=N–C) groups is 2. The van der Waals surface area contributed by atoms with Crippen LogP contribution in [-0.2, 0) is 10.8 Å². The van der Waals surface area contributed by atoms with E-state index in [1.54, 1.807) is 66.8 Å². The fourth-order valence-electron chi connectivity index (χ4n) is 10.9. The van der Waals surface area contributed by atoms with Gasteiger partial charge in [-0.05, 0) is 106 Å². The maximum atomic E-state index is 16.3. The van der Waals surface area contributed by atoms with E-state index in [0.717, 1.165) is 16.2 Å². The Labute approximate surface area is 361 Å². The minimum absolute atomic E-state index is 0.0572. The standard InChI is InChI=1S/C54H28F4N4O2/c55-33-15-5-16-34(56)47(33)49-37-19-23-41(59-37)53(31-13-3-9-27-7-1-11-29(45(27)31)51(53)63)42-24-20-38(60-42)50(48-35(57)17-6-18-36(48)58)40-22-26-44(62-40)54(43-25-21-39(49)61-43)32-14-4-10-28-8-2-12-30(46(28)32)52(54)64/h1-26,59-60H/b49-39+,50-40+. The van der Waals surface area contributed by atoms with Crippen molar-refractivity contribution in [2.45, 2.75) is 10.8 Å². The molecule has 6 nitrogen and oxygen atoms in total. The maximum absolute atomic E-state index is 16.3. The highest BCUT2D eigenvalue weighted by Crippen LogP contribution is 2.53. The number of rotatable bonds is 2. The van der Waals surface area contributed by atoms with Crippen LogP contribution in [0.25, 0.3) is 32.7 Å². The van der Waals surface area contributed by atoms with Crippen molar-refractivity contribution in [1.82, 2.24) is 9.97 Å². The van der Waals surface area contributed by atoms with Gasteiger partial charge < -0.3 is 9.97 Å². The summed E-state index contributed by atoms with van der Waals surface area (Å²) in [6.07, 6.45) is 6.55. The minimum Gasteiger partial charge on any atom is -0.357 e. The van der Waals surface area contributed by atoms with Crippen molar-refractivity contribution in [3.63, 3.8) is 0 Å². The molecule has 13 rings (SSSR count). The summed E-state index contributed by atoms with van der Waals surface area (Å²) in [7, 11) is 0. The molecule has 2 aliphatic carbocycles. The number of nitrogens with zero attached hydrogens (tertiary/aromatic N) is 2. The molecule has 64 heavy (non-hydrogen) atoms.